The number of rotatable bonds is 5. The Balaban J connectivity index is 1.70. The number of carbonyl (C=O) groups is 2. The third kappa shape index (κ3) is 5.01. The molecule has 0 unspecified atom stereocenters. The predicted molar refractivity (Wildman–Crippen MR) is 83.8 cm³/mol. The van der Waals surface area contributed by atoms with E-state index in [1.165, 1.54) is 19.3 Å². The molecule has 1 saturated heterocycles. The third-order valence-corrected chi connectivity index (χ3v) is 4.88. The summed E-state index contributed by atoms with van der Waals surface area (Å²) in [7, 11) is 0. The van der Waals surface area contributed by atoms with Gasteiger partial charge in [0.2, 0.25) is 11.8 Å². The fraction of sp³-hybridized carbons (Fsp3) is 0.882. The standard InChI is InChI=1S/C17H30N2O2/c1-2-3-9-16(20)18-15-10-12-19(13-11-15)17(21)14-7-5-4-6-8-14/h14-15H,2-13H2,1H3,(H,18,20). The summed E-state index contributed by atoms with van der Waals surface area (Å²) < 4.78 is 0. The monoisotopic (exact) mass is 294 g/mol. The Kier molecular flexibility index (Phi) is 6.52. The number of nitrogens with zero attached hydrogens (tertiary/aromatic N) is 1. The quantitative estimate of drug-likeness (QED) is 0.847. The van der Waals surface area contributed by atoms with Crippen LogP contribution >= 0.6 is 0 Å². The summed E-state index contributed by atoms with van der Waals surface area (Å²) in [6, 6.07) is 0.268. The number of unbranched alkanes of at least 4 members (excludes halogenated alkanes) is 1. The highest BCUT2D eigenvalue weighted by molar-refractivity contribution is 5.79. The van der Waals surface area contributed by atoms with Crippen molar-refractivity contribution in [2.75, 3.05) is 13.1 Å². The Morgan fingerprint density at radius 2 is 1.71 bits per heavy atom. The molecule has 0 aromatic carbocycles. The van der Waals surface area contributed by atoms with Crippen molar-refractivity contribution in [2.45, 2.75) is 77.2 Å². The molecule has 21 heavy (non-hydrogen) atoms. The van der Waals surface area contributed by atoms with Crippen LogP contribution in [0, 0.1) is 5.92 Å². The molecule has 2 fully saturated rings. The predicted octanol–water partition coefficient (Wildman–Crippen LogP) is 2.86. The molecule has 0 spiro atoms. The summed E-state index contributed by atoms with van der Waals surface area (Å²) in [5.74, 6) is 0.814. The van der Waals surface area contributed by atoms with Crippen molar-refractivity contribution in [1.82, 2.24) is 10.2 Å². The van der Waals surface area contributed by atoms with Crippen molar-refractivity contribution < 1.29 is 9.59 Å². The lowest BCUT2D eigenvalue weighted by Crippen LogP contribution is -2.48. The average molecular weight is 294 g/mol. The van der Waals surface area contributed by atoms with Gasteiger partial charge in [-0.25, -0.2) is 0 Å². The van der Waals surface area contributed by atoms with Gasteiger partial charge in [0.05, 0.1) is 0 Å². The van der Waals surface area contributed by atoms with E-state index in [9.17, 15) is 9.59 Å². The van der Waals surface area contributed by atoms with Gasteiger partial charge in [0.15, 0.2) is 0 Å². The Hall–Kier alpha value is -1.06. The first-order chi connectivity index (χ1) is 10.2. The summed E-state index contributed by atoms with van der Waals surface area (Å²) >= 11 is 0. The zero-order valence-electron chi connectivity index (χ0n) is 13.4. The second-order valence-corrected chi connectivity index (χ2v) is 6.61. The van der Waals surface area contributed by atoms with Gasteiger partial charge in [0.25, 0.3) is 0 Å². The Morgan fingerprint density at radius 3 is 2.33 bits per heavy atom. The van der Waals surface area contributed by atoms with E-state index in [2.05, 4.69) is 12.2 Å². The number of hydrogen-bond donors (Lipinski definition) is 1. The number of nitrogens with one attached hydrogen (secondary N) is 1. The molecule has 1 saturated carbocycles. The molecule has 1 aliphatic carbocycles. The number of piperidine rings is 1. The maximum Gasteiger partial charge on any atom is 0.225 e. The second kappa shape index (κ2) is 8.40. The molecular formula is C17H30N2O2. The van der Waals surface area contributed by atoms with Gasteiger partial charge >= 0.3 is 0 Å². The fourth-order valence-electron chi connectivity index (χ4n) is 3.49. The van der Waals surface area contributed by atoms with Crippen LogP contribution in [-0.2, 0) is 9.59 Å². The van der Waals surface area contributed by atoms with E-state index in [1.54, 1.807) is 0 Å². The van der Waals surface area contributed by atoms with Crippen LogP contribution in [0.15, 0.2) is 0 Å². The van der Waals surface area contributed by atoms with Crippen LogP contribution in [0.1, 0.15) is 71.1 Å². The number of likely N-dealkylation sites (tertiary alicyclic amines) is 1. The van der Waals surface area contributed by atoms with Crippen molar-refractivity contribution >= 4 is 11.8 Å². The molecule has 1 aliphatic heterocycles. The van der Waals surface area contributed by atoms with E-state index in [4.69, 9.17) is 0 Å². The van der Waals surface area contributed by atoms with E-state index in [0.29, 0.717) is 12.3 Å². The zero-order chi connectivity index (χ0) is 15.1. The lowest BCUT2D eigenvalue weighted by Gasteiger charge is -2.35. The molecule has 2 rings (SSSR count). The summed E-state index contributed by atoms with van der Waals surface area (Å²) in [6.07, 6.45) is 10.3. The van der Waals surface area contributed by atoms with Gasteiger partial charge in [-0.3, -0.25) is 9.59 Å². The molecular weight excluding hydrogens is 264 g/mol. The van der Waals surface area contributed by atoms with E-state index in [-0.39, 0.29) is 17.9 Å². The van der Waals surface area contributed by atoms with Gasteiger partial charge in [-0.1, -0.05) is 32.6 Å². The smallest absolute Gasteiger partial charge is 0.225 e. The second-order valence-electron chi connectivity index (χ2n) is 6.61. The maximum atomic E-state index is 12.5. The van der Waals surface area contributed by atoms with Crippen molar-refractivity contribution in [3.8, 4) is 0 Å². The van der Waals surface area contributed by atoms with Crippen molar-refractivity contribution in [3.63, 3.8) is 0 Å². The van der Waals surface area contributed by atoms with Crippen LogP contribution in [-0.4, -0.2) is 35.8 Å². The minimum Gasteiger partial charge on any atom is -0.353 e. The molecule has 4 heteroatoms. The molecule has 1 N–H and O–H groups in total. The first-order valence-electron chi connectivity index (χ1n) is 8.79. The first-order valence-corrected chi connectivity index (χ1v) is 8.79. The largest absolute Gasteiger partial charge is 0.353 e. The molecule has 0 radical (unpaired) electrons. The fourth-order valence-corrected chi connectivity index (χ4v) is 3.49. The molecule has 0 atom stereocenters. The Labute approximate surface area is 128 Å². The SMILES string of the molecule is CCCCC(=O)NC1CCN(C(=O)C2CCCCC2)CC1. The van der Waals surface area contributed by atoms with Crippen molar-refractivity contribution in [3.05, 3.63) is 0 Å². The highest BCUT2D eigenvalue weighted by atomic mass is 16.2. The van der Waals surface area contributed by atoms with Crippen LogP contribution < -0.4 is 5.32 Å². The van der Waals surface area contributed by atoms with Crippen LogP contribution in [0.2, 0.25) is 0 Å². The van der Waals surface area contributed by atoms with Crippen LogP contribution in [0.25, 0.3) is 0 Å². The van der Waals surface area contributed by atoms with Gasteiger partial charge in [-0.05, 0) is 32.1 Å². The summed E-state index contributed by atoms with van der Waals surface area (Å²) in [5.41, 5.74) is 0. The molecule has 120 valence electrons. The topological polar surface area (TPSA) is 49.4 Å². The maximum absolute atomic E-state index is 12.5. The van der Waals surface area contributed by atoms with E-state index >= 15 is 0 Å². The van der Waals surface area contributed by atoms with Gasteiger partial charge in [-0.2, -0.15) is 0 Å². The third-order valence-electron chi connectivity index (χ3n) is 4.88. The molecule has 0 aromatic heterocycles. The summed E-state index contributed by atoms with van der Waals surface area (Å²) in [5, 5.41) is 3.12. The Morgan fingerprint density at radius 1 is 1.05 bits per heavy atom. The highest BCUT2D eigenvalue weighted by Crippen LogP contribution is 2.26. The highest BCUT2D eigenvalue weighted by Gasteiger charge is 2.29. The average Bonchev–Trinajstić information content (AvgIpc) is 2.54. The first kappa shape index (κ1) is 16.3. The van der Waals surface area contributed by atoms with Crippen LogP contribution in [0.5, 0.6) is 0 Å². The lowest BCUT2D eigenvalue weighted by atomic mass is 9.87. The number of carbonyl (C=O) groups excluding carboxylic acids is 2. The van der Waals surface area contributed by atoms with E-state index in [1.807, 2.05) is 4.90 Å². The van der Waals surface area contributed by atoms with Gasteiger partial charge in [0.1, 0.15) is 0 Å². The summed E-state index contributed by atoms with van der Waals surface area (Å²) in [6.45, 7) is 3.73. The molecule has 2 amide bonds. The van der Waals surface area contributed by atoms with Crippen molar-refractivity contribution in [1.29, 1.82) is 0 Å². The van der Waals surface area contributed by atoms with Gasteiger partial charge in [-0.15, -0.1) is 0 Å². The minimum atomic E-state index is 0.175. The van der Waals surface area contributed by atoms with E-state index in [0.717, 1.165) is 51.6 Å². The molecule has 1 heterocycles. The van der Waals surface area contributed by atoms with Gasteiger partial charge < -0.3 is 10.2 Å². The van der Waals surface area contributed by atoms with Gasteiger partial charge in [0, 0.05) is 31.5 Å². The number of amides is 2. The van der Waals surface area contributed by atoms with Crippen LogP contribution in [0.3, 0.4) is 0 Å². The molecule has 0 aromatic rings. The molecule has 4 nitrogen and oxygen atoms in total. The lowest BCUT2D eigenvalue weighted by molar-refractivity contribution is -0.137. The Bertz CT molecular complexity index is 343. The normalized spacial score (nSPS) is 21.3. The molecule has 2 aliphatic rings. The number of hydrogen-bond acceptors (Lipinski definition) is 2. The van der Waals surface area contributed by atoms with Crippen molar-refractivity contribution in [2.24, 2.45) is 5.92 Å². The molecule has 0 bridgehead atoms. The van der Waals surface area contributed by atoms with Crippen LogP contribution in [0.4, 0.5) is 0 Å². The van der Waals surface area contributed by atoms with E-state index < -0.39 is 0 Å². The minimum absolute atomic E-state index is 0.175. The zero-order valence-corrected chi connectivity index (χ0v) is 13.4. The summed E-state index contributed by atoms with van der Waals surface area (Å²) in [4.78, 5) is 26.2.